The van der Waals surface area contributed by atoms with Crippen LogP contribution in [-0.4, -0.2) is 8.07 Å². The first-order valence-corrected chi connectivity index (χ1v) is 12.1. The summed E-state index contributed by atoms with van der Waals surface area (Å²) in [7, 11) is -1.79. The molecule has 124 valence electrons. The van der Waals surface area contributed by atoms with E-state index in [0.29, 0.717) is 0 Å². The molecule has 1 fully saturated rings. The van der Waals surface area contributed by atoms with Gasteiger partial charge in [-0.3, -0.25) is 0 Å². The normalized spacial score (nSPS) is 24.3. The van der Waals surface area contributed by atoms with Gasteiger partial charge in [-0.25, -0.2) is 0 Å². The molecule has 2 aliphatic rings. The van der Waals surface area contributed by atoms with Gasteiger partial charge in [0.1, 0.15) is 8.07 Å². The van der Waals surface area contributed by atoms with Crippen molar-refractivity contribution in [1.29, 1.82) is 0 Å². The molecule has 0 nitrogen and oxygen atoms in total. The molecule has 3 atom stereocenters. The van der Waals surface area contributed by atoms with E-state index in [1.165, 1.54) is 12.8 Å². The summed E-state index contributed by atoms with van der Waals surface area (Å²) < 4.78 is 0. The van der Waals surface area contributed by atoms with Gasteiger partial charge in [0.25, 0.3) is 0 Å². The second-order valence-corrected chi connectivity index (χ2v) is 12.2. The third-order valence-electron chi connectivity index (χ3n) is 6.89. The molecule has 25 heavy (non-hydrogen) atoms. The van der Waals surface area contributed by atoms with Gasteiger partial charge in [0, 0.05) is 0 Å². The van der Waals surface area contributed by atoms with Crippen molar-refractivity contribution in [2.75, 3.05) is 0 Å². The number of hydrogen-bond acceptors (Lipinski definition) is 0. The first kappa shape index (κ1) is 15.2. The van der Waals surface area contributed by atoms with Gasteiger partial charge in [-0.1, -0.05) is 102 Å². The van der Waals surface area contributed by atoms with Gasteiger partial charge >= 0.3 is 0 Å². The molecule has 0 aromatic heterocycles. The average molecular weight is 341 g/mol. The van der Waals surface area contributed by atoms with Crippen molar-refractivity contribution < 1.29 is 0 Å². The van der Waals surface area contributed by atoms with Crippen LogP contribution in [0.4, 0.5) is 0 Å². The fourth-order valence-electron chi connectivity index (χ4n) is 5.66. The van der Waals surface area contributed by atoms with E-state index in [9.17, 15) is 0 Å². The second-order valence-electron chi connectivity index (χ2n) is 7.94. The van der Waals surface area contributed by atoms with Crippen molar-refractivity contribution in [3.63, 3.8) is 0 Å². The maximum Gasteiger partial charge on any atom is 0.118 e. The van der Waals surface area contributed by atoms with Crippen LogP contribution in [0.2, 0.25) is 12.1 Å². The van der Waals surface area contributed by atoms with E-state index < -0.39 is 8.07 Å². The Balaban J connectivity index is 1.66. The van der Waals surface area contributed by atoms with Crippen LogP contribution in [0.5, 0.6) is 0 Å². The van der Waals surface area contributed by atoms with Crippen LogP contribution < -0.4 is 10.4 Å². The van der Waals surface area contributed by atoms with Gasteiger partial charge in [0.05, 0.1) is 0 Å². The van der Waals surface area contributed by atoms with Crippen LogP contribution >= 0.6 is 0 Å². The molecular formula is C24H24Si. The maximum atomic E-state index is 2.62. The molecular weight excluding hydrogens is 316 g/mol. The van der Waals surface area contributed by atoms with Crippen molar-refractivity contribution in [2.45, 2.75) is 36.8 Å². The molecule has 2 aliphatic carbocycles. The molecule has 3 aromatic carbocycles. The monoisotopic (exact) mass is 340 g/mol. The van der Waals surface area contributed by atoms with E-state index >= 15 is 0 Å². The highest BCUT2D eigenvalue weighted by molar-refractivity contribution is 7.02. The van der Waals surface area contributed by atoms with Crippen LogP contribution in [-0.2, 0) is 0 Å². The molecule has 0 amide bonds. The number of hydrogen-bond donors (Lipinski definition) is 0. The van der Waals surface area contributed by atoms with Crippen LogP contribution in [0.1, 0.15) is 35.8 Å². The van der Waals surface area contributed by atoms with Crippen LogP contribution in [0.3, 0.4) is 0 Å². The lowest BCUT2D eigenvalue weighted by Gasteiger charge is -2.40. The Hall–Kier alpha value is -2.12. The summed E-state index contributed by atoms with van der Waals surface area (Å²) in [5.41, 5.74) is 4.09. The SMILES string of the molecule is C[Si](c1ccccc1)(c1ccccc1)C1CC2CC1c1ccccc12. The highest BCUT2D eigenvalue weighted by atomic mass is 28.3. The minimum absolute atomic E-state index is 0.748. The molecule has 3 aromatic rings. The molecule has 0 saturated heterocycles. The largest absolute Gasteiger partial charge is 0.118 e. The highest BCUT2D eigenvalue weighted by Crippen LogP contribution is 2.61. The Morgan fingerprint density at radius 2 is 1.16 bits per heavy atom. The van der Waals surface area contributed by atoms with Crippen molar-refractivity contribution in [3.8, 4) is 0 Å². The lowest BCUT2D eigenvalue weighted by atomic mass is 9.91. The third kappa shape index (κ3) is 2.19. The van der Waals surface area contributed by atoms with Gasteiger partial charge in [0.15, 0.2) is 0 Å². The van der Waals surface area contributed by atoms with Crippen LogP contribution in [0.15, 0.2) is 84.9 Å². The van der Waals surface area contributed by atoms with Gasteiger partial charge in [0.2, 0.25) is 0 Å². The Morgan fingerprint density at radius 1 is 0.640 bits per heavy atom. The number of rotatable bonds is 3. The summed E-state index contributed by atoms with van der Waals surface area (Å²) in [5, 5.41) is 3.19. The minimum Gasteiger partial charge on any atom is -0.0626 e. The van der Waals surface area contributed by atoms with Gasteiger partial charge in [-0.05, 0) is 41.3 Å². The molecule has 0 aliphatic heterocycles. The van der Waals surface area contributed by atoms with Crippen molar-refractivity contribution >= 4 is 18.4 Å². The molecule has 1 heteroatoms. The smallest absolute Gasteiger partial charge is 0.0626 e. The van der Waals surface area contributed by atoms with E-state index in [2.05, 4.69) is 91.5 Å². The van der Waals surface area contributed by atoms with Gasteiger partial charge < -0.3 is 0 Å². The lowest BCUT2D eigenvalue weighted by molar-refractivity contribution is 0.697. The highest BCUT2D eigenvalue weighted by Gasteiger charge is 2.53. The summed E-state index contributed by atoms with van der Waals surface area (Å²) in [6.45, 7) is 2.62. The van der Waals surface area contributed by atoms with Crippen molar-refractivity contribution in [2.24, 2.45) is 0 Å². The van der Waals surface area contributed by atoms with Gasteiger partial charge in [-0.2, -0.15) is 0 Å². The fraction of sp³-hybridized carbons (Fsp3) is 0.250. The second kappa shape index (κ2) is 5.71. The molecule has 3 unspecified atom stereocenters. The van der Waals surface area contributed by atoms with E-state index in [1.807, 2.05) is 0 Å². The predicted octanol–water partition coefficient (Wildman–Crippen LogP) is 4.92. The quantitative estimate of drug-likeness (QED) is 0.593. The average Bonchev–Trinajstić information content (AvgIpc) is 3.29. The summed E-state index contributed by atoms with van der Waals surface area (Å²) in [6, 6.07) is 32.0. The Morgan fingerprint density at radius 3 is 1.76 bits per heavy atom. The molecule has 1 saturated carbocycles. The first-order chi connectivity index (χ1) is 12.3. The molecule has 5 rings (SSSR count). The summed E-state index contributed by atoms with van der Waals surface area (Å²) in [5.74, 6) is 1.53. The number of benzene rings is 3. The topological polar surface area (TPSA) is 0 Å². The zero-order valence-electron chi connectivity index (χ0n) is 14.7. The zero-order valence-corrected chi connectivity index (χ0v) is 15.7. The molecule has 0 N–H and O–H groups in total. The Kier molecular flexibility index (Phi) is 3.46. The standard InChI is InChI=1S/C24H24Si/c1-25(19-10-4-2-5-11-19,20-12-6-3-7-13-20)24-17-18-16-23(24)22-15-9-8-14-21(18)22/h2-15,18,23-24H,16-17H2,1H3. The van der Waals surface area contributed by atoms with E-state index in [4.69, 9.17) is 0 Å². The summed E-state index contributed by atoms with van der Waals surface area (Å²) in [6.07, 6.45) is 2.74. The van der Waals surface area contributed by atoms with Gasteiger partial charge in [-0.15, -0.1) is 0 Å². The van der Waals surface area contributed by atoms with E-state index in [0.717, 1.165) is 17.4 Å². The molecule has 0 radical (unpaired) electrons. The summed E-state index contributed by atoms with van der Waals surface area (Å²) in [4.78, 5) is 0. The van der Waals surface area contributed by atoms with Crippen molar-refractivity contribution in [1.82, 2.24) is 0 Å². The van der Waals surface area contributed by atoms with Crippen LogP contribution in [0, 0.1) is 0 Å². The van der Waals surface area contributed by atoms with Crippen LogP contribution in [0.25, 0.3) is 0 Å². The van der Waals surface area contributed by atoms with Crippen molar-refractivity contribution in [3.05, 3.63) is 96.1 Å². The number of fused-ring (bicyclic) bond motifs is 5. The molecule has 2 bridgehead atoms. The zero-order chi connectivity index (χ0) is 16.9. The molecule has 0 heterocycles. The summed E-state index contributed by atoms with van der Waals surface area (Å²) >= 11 is 0. The third-order valence-corrected chi connectivity index (χ3v) is 12.1. The fourth-order valence-corrected chi connectivity index (χ4v) is 10.5. The Labute approximate surface area is 151 Å². The maximum absolute atomic E-state index is 2.62. The minimum atomic E-state index is -1.79. The molecule has 0 spiro atoms. The van der Waals surface area contributed by atoms with E-state index in [1.54, 1.807) is 21.5 Å². The van der Waals surface area contributed by atoms with E-state index in [-0.39, 0.29) is 0 Å². The first-order valence-electron chi connectivity index (χ1n) is 9.48. The predicted molar refractivity (Wildman–Crippen MR) is 109 cm³/mol. The lowest BCUT2D eigenvalue weighted by Crippen LogP contribution is -2.59. The Bertz CT molecular complexity index is 845.